The summed E-state index contributed by atoms with van der Waals surface area (Å²) in [6.07, 6.45) is 0. The van der Waals surface area contributed by atoms with Crippen LogP contribution in [0.15, 0.2) is 10.2 Å². The first kappa shape index (κ1) is 14.1. The van der Waals surface area contributed by atoms with Gasteiger partial charge in [-0.15, -0.1) is 11.3 Å². The van der Waals surface area contributed by atoms with Crippen molar-refractivity contribution in [3.8, 4) is 5.75 Å². The summed E-state index contributed by atoms with van der Waals surface area (Å²) in [7, 11) is 1.50. The van der Waals surface area contributed by atoms with Gasteiger partial charge in [-0.2, -0.15) is 0 Å². The molecule has 3 N–H and O–H groups in total. The van der Waals surface area contributed by atoms with Gasteiger partial charge in [0.25, 0.3) is 11.5 Å². The largest absolute Gasteiger partial charge is 0.505 e. The van der Waals surface area contributed by atoms with Crippen LogP contribution in [-0.2, 0) is 11.8 Å². The van der Waals surface area contributed by atoms with Crippen molar-refractivity contribution in [2.45, 2.75) is 6.92 Å². The van der Waals surface area contributed by atoms with Gasteiger partial charge in [0.15, 0.2) is 5.75 Å². The average molecular weight is 296 g/mol. The Balaban J connectivity index is 2.63. The number of pyridine rings is 1. The first-order valence-corrected chi connectivity index (χ1v) is 6.52. The van der Waals surface area contributed by atoms with E-state index in [0.717, 1.165) is 5.56 Å². The summed E-state index contributed by atoms with van der Waals surface area (Å²) < 4.78 is 1.70. The van der Waals surface area contributed by atoms with Crippen LogP contribution in [0.2, 0.25) is 0 Å². The van der Waals surface area contributed by atoms with Crippen molar-refractivity contribution in [1.29, 1.82) is 0 Å². The predicted octanol–water partition coefficient (Wildman–Crippen LogP) is 0.428. The highest BCUT2D eigenvalue weighted by molar-refractivity contribution is 7.17. The van der Waals surface area contributed by atoms with Crippen LogP contribution < -0.4 is 10.9 Å². The third-order valence-electron chi connectivity index (χ3n) is 2.88. The molecular weight excluding hydrogens is 284 g/mol. The highest BCUT2D eigenvalue weighted by atomic mass is 32.1. The van der Waals surface area contributed by atoms with Gasteiger partial charge in [0, 0.05) is 7.05 Å². The normalized spacial score (nSPS) is 10.7. The number of thiophene rings is 1. The third kappa shape index (κ3) is 2.14. The fraction of sp³-hybridized carbons (Fsp3) is 0.250. The van der Waals surface area contributed by atoms with E-state index in [0.29, 0.717) is 10.2 Å². The number of hydrogen-bond donors (Lipinski definition) is 3. The number of carboxylic acids is 1. The number of nitrogens with zero attached hydrogens (tertiary/aromatic N) is 1. The number of hydrogen-bond acceptors (Lipinski definition) is 5. The maximum Gasteiger partial charge on any atom is 0.322 e. The summed E-state index contributed by atoms with van der Waals surface area (Å²) in [6.45, 7) is 1.17. The zero-order valence-corrected chi connectivity index (χ0v) is 11.6. The van der Waals surface area contributed by atoms with E-state index in [4.69, 9.17) is 5.11 Å². The highest BCUT2D eigenvalue weighted by Crippen LogP contribution is 2.33. The number of fused-ring (bicyclic) bond motifs is 1. The molecule has 0 aromatic carbocycles. The Morgan fingerprint density at radius 2 is 2.10 bits per heavy atom. The predicted molar refractivity (Wildman–Crippen MR) is 73.4 cm³/mol. The smallest absolute Gasteiger partial charge is 0.322 e. The number of aryl methyl sites for hydroxylation is 2. The van der Waals surface area contributed by atoms with E-state index in [1.165, 1.54) is 23.0 Å². The molecule has 0 atom stereocenters. The van der Waals surface area contributed by atoms with Crippen LogP contribution in [0, 0.1) is 6.92 Å². The number of aromatic hydroxyl groups is 1. The van der Waals surface area contributed by atoms with Gasteiger partial charge in [0.1, 0.15) is 12.1 Å². The summed E-state index contributed by atoms with van der Waals surface area (Å²) in [5.41, 5.74) is 0.271. The van der Waals surface area contributed by atoms with E-state index in [9.17, 15) is 19.5 Å². The maximum atomic E-state index is 12.1. The van der Waals surface area contributed by atoms with Crippen molar-refractivity contribution >= 4 is 33.4 Å². The number of carboxylic acid groups (broad SMARTS) is 1. The summed E-state index contributed by atoms with van der Waals surface area (Å²) in [5, 5.41) is 22.4. The lowest BCUT2D eigenvalue weighted by Crippen LogP contribution is -2.35. The molecule has 20 heavy (non-hydrogen) atoms. The molecule has 2 rings (SSSR count). The van der Waals surface area contributed by atoms with Crippen molar-refractivity contribution in [1.82, 2.24) is 9.88 Å². The first-order chi connectivity index (χ1) is 9.34. The zero-order chi connectivity index (χ0) is 15.0. The molecule has 8 heteroatoms. The summed E-state index contributed by atoms with van der Waals surface area (Å²) >= 11 is 1.21. The Morgan fingerprint density at radius 1 is 1.45 bits per heavy atom. The second-order valence-corrected chi connectivity index (χ2v) is 5.14. The summed E-state index contributed by atoms with van der Waals surface area (Å²) in [5.74, 6) is -2.55. The number of carbonyl (C=O) groups is 2. The van der Waals surface area contributed by atoms with Crippen LogP contribution in [0.5, 0.6) is 5.75 Å². The van der Waals surface area contributed by atoms with Gasteiger partial charge in [-0.1, -0.05) is 0 Å². The Kier molecular flexibility index (Phi) is 3.49. The summed E-state index contributed by atoms with van der Waals surface area (Å²) in [4.78, 5) is 34.4. The van der Waals surface area contributed by atoms with Gasteiger partial charge in [-0.05, 0) is 17.9 Å². The summed E-state index contributed by atoms with van der Waals surface area (Å²) in [6, 6.07) is 0. The maximum absolute atomic E-state index is 12.1. The molecule has 0 aliphatic heterocycles. The number of aromatic nitrogens is 1. The second-order valence-electron chi connectivity index (χ2n) is 4.26. The Labute approximate surface area is 117 Å². The lowest BCUT2D eigenvalue weighted by molar-refractivity contribution is -0.135. The average Bonchev–Trinajstić information content (AvgIpc) is 2.76. The van der Waals surface area contributed by atoms with Gasteiger partial charge < -0.3 is 20.1 Å². The van der Waals surface area contributed by atoms with Crippen LogP contribution in [0.3, 0.4) is 0 Å². The fourth-order valence-corrected chi connectivity index (χ4v) is 2.99. The molecule has 2 aromatic heterocycles. The molecule has 0 spiro atoms. The number of amides is 1. The number of nitrogens with one attached hydrogen (secondary N) is 1. The van der Waals surface area contributed by atoms with E-state index in [1.807, 2.05) is 0 Å². The van der Waals surface area contributed by atoms with Crippen molar-refractivity contribution in [3.63, 3.8) is 0 Å². The van der Waals surface area contributed by atoms with Crippen LogP contribution in [0.25, 0.3) is 10.2 Å². The SMILES string of the molecule is Cc1csc2c(O)c(C(=O)NCC(=O)O)c(=O)n(C)c12. The zero-order valence-electron chi connectivity index (χ0n) is 10.8. The fourth-order valence-electron chi connectivity index (χ4n) is 1.96. The molecular formula is C12H12N2O5S. The molecule has 0 radical (unpaired) electrons. The van der Waals surface area contributed by atoms with Crippen molar-refractivity contribution in [2.75, 3.05) is 6.54 Å². The Bertz CT molecular complexity index is 774. The van der Waals surface area contributed by atoms with Crippen LogP contribution >= 0.6 is 11.3 Å². The quantitative estimate of drug-likeness (QED) is 0.761. The van der Waals surface area contributed by atoms with Crippen LogP contribution in [-0.4, -0.2) is 33.2 Å². The van der Waals surface area contributed by atoms with E-state index < -0.39 is 35.3 Å². The number of carbonyl (C=O) groups excluding carboxylic acids is 1. The standard InChI is InChI=1S/C12H12N2O5S/c1-5-4-20-10-8(5)14(2)12(19)7(9(10)17)11(18)13-3-6(15)16/h4,17H,3H2,1-2H3,(H,13,18)(H,15,16). The lowest BCUT2D eigenvalue weighted by atomic mass is 10.2. The van der Waals surface area contributed by atoms with Crippen LogP contribution in [0.4, 0.5) is 0 Å². The molecule has 0 fully saturated rings. The molecule has 0 saturated heterocycles. The minimum atomic E-state index is -1.23. The molecule has 0 aliphatic rings. The molecule has 2 aromatic rings. The van der Waals surface area contributed by atoms with E-state index in [2.05, 4.69) is 5.32 Å². The second kappa shape index (κ2) is 4.97. The lowest BCUT2D eigenvalue weighted by Gasteiger charge is -2.09. The molecule has 2 heterocycles. The van der Waals surface area contributed by atoms with Crippen molar-refractivity contribution < 1.29 is 19.8 Å². The van der Waals surface area contributed by atoms with Crippen molar-refractivity contribution in [2.24, 2.45) is 7.05 Å². The first-order valence-electron chi connectivity index (χ1n) is 5.64. The molecule has 1 amide bonds. The number of rotatable bonds is 3. The molecule has 0 aliphatic carbocycles. The number of aliphatic carboxylic acids is 1. The van der Waals surface area contributed by atoms with E-state index >= 15 is 0 Å². The molecule has 0 bridgehead atoms. The van der Waals surface area contributed by atoms with E-state index in [-0.39, 0.29) is 0 Å². The highest BCUT2D eigenvalue weighted by Gasteiger charge is 2.23. The topological polar surface area (TPSA) is 109 Å². The molecule has 106 valence electrons. The van der Waals surface area contributed by atoms with Gasteiger partial charge in [-0.3, -0.25) is 14.4 Å². The molecule has 0 saturated carbocycles. The van der Waals surface area contributed by atoms with Gasteiger partial charge in [-0.25, -0.2) is 0 Å². The van der Waals surface area contributed by atoms with Crippen LogP contribution in [0.1, 0.15) is 15.9 Å². The minimum Gasteiger partial charge on any atom is -0.505 e. The Hall–Kier alpha value is -2.35. The van der Waals surface area contributed by atoms with Crippen molar-refractivity contribution in [3.05, 3.63) is 26.9 Å². The van der Waals surface area contributed by atoms with Gasteiger partial charge in [0.2, 0.25) is 0 Å². The van der Waals surface area contributed by atoms with Gasteiger partial charge >= 0.3 is 5.97 Å². The monoisotopic (exact) mass is 296 g/mol. The van der Waals surface area contributed by atoms with E-state index in [1.54, 1.807) is 12.3 Å². The minimum absolute atomic E-state index is 0.413. The van der Waals surface area contributed by atoms with Gasteiger partial charge in [0.05, 0.1) is 10.2 Å². The third-order valence-corrected chi connectivity index (χ3v) is 3.97. The Morgan fingerprint density at radius 3 is 2.70 bits per heavy atom. The molecule has 7 nitrogen and oxygen atoms in total. The molecule has 0 unspecified atom stereocenters.